The van der Waals surface area contributed by atoms with Crippen LogP contribution in [0.3, 0.4) is 0 Å². The minimum absolute atomic E-state index is 0.0157. The molecule has 0 radical (unpaired) electrons. The zero-order valence-electron chi connectivity index (χ0n) is 14.4. The van der Waals surface area contributed by atoms with Gasteiger partial charge in [0, 0.05) is 17.8 Å². The summed E-state index contributed by atoms with van der Waals surface area (Å²) in [5.41, 5.74) is 2.52. The normalized spacial score (nSPS) is 10.7. The van der Waals surface area contributed by atoms with Crippen LogP contribution in [0.5, 0.6) is 0 Å². The van der Waals surface area contributed by atoms with Gasteiger partial charge in [-0.2, -0.15) is 0 Å². The number of nitrogens with zero attached hydrogens (tertiary/aromatic N) is 2. The topological polar surface area (TPSA) is 96.2 Å². The third-order valence-corrected chi connectivity index (χ3v) is 3.92. The molecule has 26 heavy (non-hydrogen) atoms. The Morgan fingerprint density at radius 3 is 2.73 bits per heavy atom. The summed E-state index contributed by atoms with van der Waals surface area (Å²) in [6.07, 6.45) is 0. The van der Waals surface area contributed by atoms with Gasteiger partial charge in [0.05, 0.1) is 11.0 Å². The van der Waals surface area contributed by atoms with Crippen molar-refractivity contribution >= 4 is 28.5 Å². The van der Waals surface area contributed by atoms with Gasteiger partial charge in [0.15, 0.2) is 0 Å². The van der Waals surface area contributed by atoms with E-state index in [4.69, 9.17) is 0 Å². The highest BCUT2D eigenvalue weighted by molar-refractivity contribution is 5.97. The number of hydrogen-bond donors (Lipinski definition) is 3. The van der Waals surface area contributed by atoms with Gasteiger partial charge in [-0.05, 0) is 37.3 Å². The van der Waals surface area contributed by atoms with E-state index in [-0.39, 0.29) is 25.0 Å². The number of carbonyl (C=O) groups excluding carboxylic acids is 2. The van der Waals surface area contributed by atoms with Gasteiger partial charge in [-0.3, -0.25) is 9.59 Å². The number of anilines is 1. The van der Waals surface area contributed by atoms with Gasteiger partial charge in [-0.1, -0.05) is 18.2 Å². The van der Waals surface area contributed by atoms with E-state index in [0.29, 0.717) is 23.6 Å². The number of carbonyl (C=O) groups is 2. The Morgan fingerprint density at radius 1 is 1.15 bits per heavy atom. The van der Waals surface area contributed by atoms with Crippen LogP contribution < -0.4 is 10.6 Å². The van der Waals surface area contributed by atoms with E-state index >= 15 is 0 Å². The number of aromatic nitrogens is 2. The number of nitrogens with one attached hydrogen (secondary N) is 2. The minimum atomic E-state index is -0.268. The maximum absolute atomic E-state index is 12.5. The Kier molecular flexibility index (Phi) is 5.28. The molecule has 7 nitrogen and oxygen atoms in total. The molecule has 0 saturated heterocycles. The van der Waals surface area contributed by atoms with Crippen LogP contribution >= 0.6 is 0 Å². The standard InChI is InChI=1S/C19H20N4O3/c1-2-20-19(26)13-6-5-7-14(10-13)21-18(25)11-23-16-9-4-3-8-15(16)22-17(23)12-24/h3-10,24H,2,11-12H2,1H3,(H,20,26)(H,21,25). The van der Waals surface area contributed by atoms with Crippen molar-refractivity contribution in [2.24, 2.45) is 0 Å². The molecule has 0 atom stereocenters. The molecule has 3 rings (SSSR count). The molecular weight excluding hydrogens is 332 g/mol. The summed E-state index contributed by atoms with van der Waals surface area (Å²) in [7, 11) is 0. The van der Waals surface area contributed by atoms with Crippen molar-refractivity contribution in [3.8, 4) is 0 Å². The van der Waals surface area contributed by atoms with Gasteiger partial charge in [-0.15, -0.1) is 0 Å². The van der Waals surface area contributed by atoms with Crippen molar-refractivity contribution in [2.45, 2.75) is 20.1 Å². The molecule has 2 aromatic carbocycles. The highest BCUT2D eigenvalue weighted by atomic mass is 16.3. The number of aliphatic hydroxyl groups excluding tert-OH is 1. The molecule has 2 amide bonds. The van der Waals surface area contributed by atoms with E-state index < -0.39 is 0 Å². The van der Waals surface area contributed by atoms with Crippen molar-refractivity contribution < 1.29 is 14.7 Å². The number of rotatable bonds is 6. The summed E-state index contributed by atoms with van der Waals surface area (Å²) in [6, 6.07) is 14.1. The SMILES string of the molecule is CCNC(=O)c1cccc(NC(=O)Cn2c(CO)nc3ccccc32)c1. The molecule has 0 aliphatic carbocycles. The number of para-hydroxylation sites is 2. The Balaban J connectivity index is 1.78. The summed E-state index contributed by atoms with van der Waals surface area (Å²) in [4.78, 5) is 28.7. The summed E-state index contributed by atoms with van der Waals surface area (Å²) < 4.78 is 1.68. The van der Waals surface area contributed by atoms with Crippen LogP contribution in [0.15, 0.2) is 48.5 Å². The lowest BCUT2D eigenvalue weighted by atomic mass is 10.2. The third-order valence-electron chi connectivity index (χ3n) is 3.92. The molecule has 0 aliphatic rings. The first kappa shape index (κ1) is 17.6. The van der Waals surface area contributed by atoms with Crippen LogP contribution in [-0.4, -0.2) is 33.0 Å². The van der Waals surface area contributed by atoms with Crippen LogP contribution in [-0.2, 0) is 17.9 Å². The van der Waals surface area contributed by atoms with Crippen molar-refractivity contribution in [3.05, 3.63) is 59.9 Å². The zero-order chi connectivity index (χ0) is 18.5. The lowest BCUT2D eigenvalue weighted by Gasteiger charge is -2.10. The van der Waals surface area contributed by atoms with Gasteiger partial charge in [0.1, 0.15) is 19.0 Å². The highest BCUT2D eigenvalue weighted by Gasteiger charge is 2.13. The first-order valence-electron chi connectivity index (χ1n) is 8.35. The molecule has 0 saturated carbocycles. The van der Waals surface area contributed by atoms with Crippen molar-refractivity contribution in [1.82, 2.24) is 14.9 Å². The van der Waals surface area contributed by atoms with Crippen molar-refractivity contribution in [2.75, 3.05) is 11.9 Å². The highest BCUT2D eigenvalue weighted by Crippen LogP contribution is 2.17. The minimum Gasteiger partial charge on any atom is -0.388 e. The predicted octanol–water partition coefficient (Wildman–Crippen LogP) is 1.92. The summed E-state index contributed by atoms with van der Waals surface area (Å²) in [6.45, 7) is 2.14. The largest absolute Gasteiger partial charge is 0.388 e. The van der Waals surface area contributed by atoms with Gasteiger partial charge in [0.2, 0.25) is 5.91 Å². The average molecular weight is 352 g/mol. The van der Waals surface area contributed by atoms with Gasteiger partial charge in [-0.25, -0.2) is 4.98 Å². The molecule has 3 aromatic rings. The average Bonchev–Trinajstić information content (AvgIpc) is 3.00. The van der Waals surface area contributed by atoms with Gasteiger partial charge >= 0.3 is 0 Å². The molecule has 0 fully saturated rings. The summed E-state index contributed by atoms with van der Waals surface area (Å²) >= 11 is 0. The van der Waals surface area contributed by atoms with E-state index in [1.165, 1.54) is 0 Å². The second-order valence-corrected chi connectivity index (χ2v) is 5.75. The lowest BCUT2D eigenvalue weighted by molar-refractivity contribution is -0.116. The Bertz CT molecular complexity index is 949. The summed E-state index contributed by atoms with van der Waals surface area (Å²) in [5.74, 6) is -0.0277. The Morgan fingerprint density at radius 2 is 1.96 bits per heavy atom. The second kappa shape index (κ2) is 7.79. The molecule has 1 heterocycles. The second-order valence-electron chi connectivity index (χ2n) is 5.75. The molecule has 7 heteroatoms. The van der Waals surface area contributed by atoms with Crippen LogP contribution in [0, 0.1) is 0 Å². The molecule has 0 unspecified atom stereocenters. The number of benzene rings is 2. The predicted molar refractivity (Wildman–Crippen MR) is 98.7 cm³/mol. The number of amides is 2. The van der Waals surface area contributed by atoms with Crippen LogP contribution in [0.25, 0.3) is 11.0 Å². The molecule has 0 bridgehead atoms. The molecule has 134 valence electrons. The molecule has 0 spiro atoms. The maximum Gasteiger partial charge on any atom is 0.251 e. The summed E-state index contributed by atoms with van der Waals surface area (Å²) in [5, 5.41) is 15.0. The fraction of sp³-hybridized carbons (Fsp3) is 0.211. The lowest BCUT2D eigenvalue weighted by Crippen LogP contribution is -2.23. The monoisotopic (exact) mass is 352 g/mol. The maximum atomic E-state index is 12.5. The number of fused-ring (bicyclic) bond motifs is 1. The van der Waals surface area contributed by atoms with Crippen LogP contribution in [0.1, 0.15) is 23.1 Å². The first-order valence-corrected chi connectivity index (χ1v) is 8.35. The molecule has 0 aliphatic heterocycles. The van der Waals surface area contributed by atoms with E-state index in [1.807, 2.05) is 31.2 Å². The Labute approximate surface area is 150 Å². The van der Waals surface area contributed by atoms with E-state index in [1.54, 1.807) is 28.8 Å². The fourth-order valence-corrected chi connectivity index (χ4v) is 2.77. The van der Waals surface area contributed by atoms with Crippen molar-refractivity contribution in [3.63, 3.8) is 0 Å². The van der Waals surface area contributed by atoms with E-state index in [0.717, 1.165) is 11.0 Å². The van der Waals surface area contributed by atoms with Crippen LogP contribution in [0.4, 0.5) is 5.69 Å². The van der Waals surface area contributed by atoms with E-state index in [9.17, 15) is 14.7 Å². The molecular formula is C19H20N4O3. The van der Waals surface area contributed by atoms with Crippen molar-refractivity contribution in [1.29, 1.82) is 0 Å². The van der Waals surface area contributed by atoms with Gasteiger partial charge in [0.25, 0.3) is 5.91 Å². The zero-order valence-corrected chi connectivity index (χ0v) is 14.4. The molecule has 3 N–H and O–H groups in total. The smallest absolute Gasteiger partial charge is 0.251 e. The number of hydrogen-bond acceptors (Lipinski definition) is 4. The van der Waals surface area contributed by atoms with Crippen LogP contribution in [0.2, 0.25) is 0 Å². The van der Waals surface area contributed by atoms with Gasteiger partial charge < -0.3 is 20.3 Å². The molecule has 1 aromatic heterocycles. The quantitative estimate of drug-likeness (QED) is 0.631. The Hall–Kier alpha value is -3.19. The number of imidazole rings is 1. The third kappa shape index (κ3) is 3.73. The van der Waals surface area contributed by atoms with E-state index in [2.05, 4.69) is 15.6 Å². The number of aliphatic hydroxyl groups is 1. The fourth-order valence-electron chi connectivity index (χ4n) is 2.77. The first-order chi connectivity index (χ1) is 12.6.